The molecule has 118 valence electrons. The van der Waals surface area contributed by atoms with Crippen molar-refractivity contribution in [1.29, 1.82) is 0 Å². The van der Waals surface area contributed by atoms with E-state index >= 15 is 0 Å². The van der Waals surface area contributed by atoms with E-state index in [0.717, 1.165) is 12.1 Å². The average molecular weight is 308 g/mol. The molecule has 1 fully saturated rings. The van der Waals surface area contributed by atoms with Crippen LogP contribution in [-0.2, 0) is 13.6 Å². The predicted octanol–water partition coefficient (Wildman–Crippen LogP) is 3.41. The molecule has 0 aliphatic carbocycles. The van der Waals surface area contributed by atoms with Crippen molar-refractivity contribution in [2.75, 3.05) is 6.54 Å². The molecule has 2 aromatic heterocycles. The van der Waals surface area contributed by atoms with Gasteiger partial charge >= 0.3 is 0 Å². The van der Waals surface area contributed by atoms with Crippen LogP contribution in [-0.4, -0.2) is 26.2 Å². The Kier molecular flexibility index (Phi) is 3.71. The Balaban J connectivity index is 1.52. The highest BCUT2D eigenvalue weighted by Crippen LogP contribution is 2.33. The van der Waals surface area contributed by atoms with Gasteiger partial charge in [-0.1, -0.05) is 35.5 Å². The van der Waals surface area contributed by atoms with Crippen LogP contribution in [0.2, 0.25) is 0 Å². The quantitative estimate of drug-likeness (QED) is 0.741. The van der Waals surface area contributed by atoms with Crippen molar-refractivity contribution < 1.29 is 4.52 Å². The number of hydrogen-bond acceptors (Lipinski definition) is 4. The molecule has 0 N–H and O–H groups in total. The Hall–Kier alpha value is -2.40. The van der Waals surface area contributed by atoms with Gasteiger partial charge in [-0.3, -0.25) is 4.90 Å². The monoisotopic (exact) mass is 308 g/mol. The summed E-state index contributed by atoms with van der Waals surface area (Å²) in [5.74, 6) is 1.35. The lowest BCUT2D eigenvalue weighted by atomic mass is 10.1. The van der Waals surface area contributed by atoms with Crippen molar-refractivity contribution in [3.05, 3.63) is 60.2 Å². The van der Waals surface area contributed by atoms with Gasteiger partial charge in [0.15, 0.2) is 0 Å². The summed E-state index contributed by atoms with van der Waals surface area (Å²) in [6.07, 6.45) is 4.49. The van der Waals surface area contributed by atoms with Crippen LogP contribution in [0.3, 0.4) is 0 Å². The van der Waals surface area contributed by atoms with Crippen LogP contribution in [0, 0.1) is 0 Å². The highest BCUT2D eigenvalue weighted by molar-refractivity contribution is 5.53. The molecule has 1 aliphatic rings. The summed E-state index contributed by atoms with van der Waals surface area (Å²) in [6, 6.07) is 14.7. The van der Waals surface area contributed by atoms with Crippen molar-refractivity contribution in [3.8, 4) is 11.4 Å². The van der Waals surface area contributed by atoms with Crippen LogP contribution in [0.1, 0.15) is 30.5 Å². The average Bonchev–Trinajstić information content (AvgIpc) is 3.30. The molecule has 3 heterocycles. The Labute approximate surface area is 135 Å². The first kappa shape index (κ1) is 14.2. The number of hydrogen-bond donors (Lipinski definition) is 0. The summed E-state index contributed by atoms with van der Waals surface area (Å²) in [5.41, 5.74) is 2.34. The van der Waals surface area contributed by atoms with Gasteiger partial charge in [0, 0.05) is 24.5 Å². The lowest BCUT2D eigenvalue weighted by Gasteiger charge is -2.23. The predicted molar refractivity (Wildman–Crippen MR) is 87.5 cm³/mol. The third-order valence-electron chi connectivity index (χ3n) is 4.53. The molecular formula is C18H20N4O. The first-order chi connectivity index (χ1) is 11.3. The first-order valence-corrected chi connectivity index (χ1v) is 8.04. The van der Waals surface area contributed by atoms with Crippen LogP contribution >= 0.6 is 0 Å². The van der Waals surface area contributed by atoms with Crippen LogP contribution in [0.4, 0.5) is 0 Å². The number of likely N-dealkylation sites (tertiary alicyclic amines) is 1. The van der Waals surface area contributed by atoms with Gasteiger partial charge in [-0.05, 0) is 31.5 Å². The second-order valence-corrected chi connectivity index (χ2v) is 6.05. The Bertz CT molecular complexity index is 777. The molecule has 4 rings (SSSR count). The van der Waals surface area contributed by atoms with Gasteiger partial charge in [0.05, 0.1) is 12.6 Å². The third kappa shape index (κ3) is 2.80. The standard InChI is InChI=1S/C18H20N4O/c1-21-11-5-9-15(21)16-10-6-12-22(16)13-17-19-18(20-23-17)14-7-3-2-4-8-14/h2-5,7-9,11,16H,6,10,12-13H2,1H3/t16-/m0/s1. The molecule has 0 saturated carbocycles. The summed E-state index contributed by atoms with van der Waals surface area (Å²) < 4.78 is 7.67. The fraction of sp³-hybridized carbons (Fsp3) is 0.333. The number of benzene rings is 1. The molecule has 5 nitrogen and oxygen atoms in total. The van der Waals surface area contributed by atoms with Gasteiger partial charge in [0.1, 0.15) is 0 Å². The number of aromatic nitrogens is 3. The maximum atomic E-state index is 5.47. The van der Waals surface area contributed by atoms with E-state index in [1.165, 1.54) is 18.5 Å². The first-order valence-electron chi connectivity index (χ1n) is 8.04. The minimum absolute atomic E-state index is 0.432. The molecule has 1 aromatic carbocycles. The third-order valence-corrected chi connectivity index (χ3v) is 4.53. The van der Waals surface area contributed by atoms with Crippen molar-refractivity contribution in [3.63, 3.8) is 0 Å². The molecule has 0 radical (unpaired) electrons. The molecule has 3 aromatic rings. The van der Waals surface area contributed by atoms with Crippen molar-refractivity contribution in [2.45, 2.75) is 25.4 Å². The Morgan fingerprint density at radius 3 is 2.83 bits per heavy atom. The molecule has 0 unspecified atom stereocenters. The number of rotatable bonds is 4. The summed E-state index contributed by atoms with van der Waals surface area (Å²) in [4.78, 5) is 6.98. The topological polar surface area (TPSA) is 47.1 Å². The van der Waals surface area contributed by atoms with E-state index in [2.05, 4.69) is 45.0 Å². The van der Waals surface area contributed by atoms with Gasteiger partial charge in [0.25, 0.3) is 0 Å². The van der Waals surface area contributed by atoms with Crippen LogP contribution < -0.4 is 0 Å². The minimum atomic E-state index is 0.432. The van der Waals surface area contributed by atoms with E-state index in [1.54, 1.807) is 0 Å². The summed E-state index contributed by atoms with van der Waals surface area (Å²) in [7, 11) is 2.10. The highest BCUT2D eigenvalue weighted by Gasteiger charge is 2.29. The highest BCUT2D eigenvalue weighted by atomic mass is 16.5. The second kappa shape index (κ2) is 6.01. The molecule has 1 atom stereocenters. The van der Waals surface area contributed by atoms with Crippen molar-refractivity contribution in [1.82, 2.24) is 19.6 Å². The largest absolute Gasteiger partial charge is 0.353 e. The van der Waals surface area contributed by atoms with Crippen molar-refractivity contribution >= 4 is 0 Å². The molecular weight excluding hydrogens is 288 g/mol. The van der Waals surface area contributed by atoms with E-state index in [9.17, 15) is 0 Å². The zero-order valence-corrected chi connectivity index (χ0v) is 13.2. The molecule has 0 amide bonds. The van der Waals surface area contributed by atoms with Crippen LogP contribution in [0.15, 0.2) is 53.2 Å². The lowest BCUT2D eigenvalue weighted by Crippen LogP contribution is -2.24. The van der Waals surface area contributed by atoms with Gasteiger partial charge in [-0.25, -0.2) is 0 Å². The zero-order chi connectivity index (χ0) is 15.6. The number of nitrogens with zero attached hydrogens (tertiary/aromatic N) is 4. The van der Waals surface area contributed by atoms with E-state index in [0.29, 0.717) is 24.3 Å². The van der Waals surface area contributed by atoms with Crippen molar-refractivity contribution in [2.24, 2.45) is 7.05 Å². The van der Waals surface area contributed by atoms with E-state index in [4.69, 9.17) is 4.52 Å². The maximum Gasteiger partial charge on any atom is 0.241 e. The molecule has 23 heavy (non-hydrogen) atoms. The molecule has 5 heteroatoms. The van der Waals surface area contributed by atoms with Gasteiger partial charge in [-0.2, -0.15) is 4.98 Å². The van der Waals surface area contributed by atoms with Crippen LogP contribution in [0.5, 0.6) is 0 Å². The minimum Gasteiger partial charge on any atom is -0.353 e. The smallest absolute Gasteiger partial charge is 0.241 e. The summed E-state index contributed by atoms with van der Waals surface area (Å²) in [6.45, 7) is 1.77. The second-order valence-electron chi connectivity index (χ2n) is 6.05. The van der Waals surface area contributed by atoms with Gasteiger partial charge in [0.2, 0.25) is 11.7 Å². The summed E-state index contributed by atoms with van der Waals surface area (Å²) >= 11 is 0. The molecule has 0 spiro atoms. The van der Waals surface area contributed by atoms with E-state index in [-0.39, 0.29) is 0 Å². The summed E-state index contributed by atoms with van der Waals surface area (Å²) in [5, 5.41) is 4.12. The zero-order valence-electron chi connectivity index (χ0n) is 13.2. The maximum absolute atomic E-state index is 5.47. The van der Waals surface area contributed by atoms with E-state index in [1.807, 2.05) is 30.3 Å². The number of aryl methyl sites for hydroxylation is 1. The SMILES string of the molecule is Cn1cccc1[C@@H]1CCCN1Cc1nc(-c2ccccc2)no1. The molecule has 1 aliphatic heterocycles. The van der Waals surface area contributed by atoms with Gasteiger partial charge in [-0.15, -0.1) is 0 Å². The normalized spacial score (nSPS) is 18.6. The van der Waals surface area contributed by atoms with Crippen LogP contribution in [0.25, 0.3) is 11.4 Å². The molecule has 0 bridgehead atoms. The fourth-order valence-electron chi connectivity index (χ4n) is 3.37. The molecule has 1 saturated heterocycles. The Morgan fingerprint density at radius 2 is 2.04 bits per heavy atom. The van der Waals surface area contributed by atoms with E-state index < -0.39 is 0 Å². The Morgan fingerprint density at radius 1 is 1.17 bits per heavy atom. The fourth-order valence-corrected chi connectivity index (χ4v) is 3.37. The van der Waals surface area contributed by atoms with Gasteiger partial charge < -0.3 is 9.09 Å². The lowest BCUT2D eigenvalue weighted by molar-refractivity contribution is 0.207.